The molecule has 5 aromatic rings. The minimum Gasteiger partial charge on any atom is -0.456 e. The molecule has 0 bridgehead atoms. The van der Waals surface area contributed by atoms with Crippen LogP contribution in [-0.4, -0.2) is 77.7 Å². The molecule has 0 saturated carbocycles. The van der Waals surface area contributed by atoms with E-state index in [1.54, 1.807) is 29.3 Å². The van der Waals surface area contributed by atoms with Crippen molar-refractivity contribution in [3.05, 3.63) is 66.1 Å². The maximum Gasteiger partial charge on any atom is 0.296 e. The molecule has 2 fully saturated rings. The van der Waals surface area contributed by atoms with Gasteiger partial charge in [0.1, 0.15) is 18.3 Å². The lowest BCUT2D eigenvalue weighted by Crippen LogP contribution is -2.34. The van der Waals surface area contributed by atoms with Crippen LogP contribution in [0.5, 0.6) is 6.01 Å². The van der Waals surface area contributed by atoms with Gasteiger partial charge in [-0.1, -0.05) is 41.1 Å². The van der Waals surface area contributed by atoms with Crippen LogP contribution >= 0.6 is 11.6 Å². The smallest absolute Gasteiger partial charge is 0.296 e. The lowest BCUT2D eigenvalue weighted by atomic mass is 10.0. The number of imidazole rings is 1. The number of hydrogen-bond donors (Lipinski definition) is 2. The van der Waals surface area contributed by atoms with Crippen molar-refractivity contribution < 1.29 is 19.3 Å². The Labute approximate surface area is 215 Å². The van der Waals surface area contributed by atoms with Gasteiger partial charge >= 0.3 is 0 Å². The predicted molar refractivity (Wildman–Crippen MR) is 132 cm³/mol. The number of nitrogens with zero attached hydrogens (tertiary/aromatic N) is 6. The zero-order chi connectivity index (χ0) is 24.9. The minimum atomic E-state index is -0.640. The lowest BCUT2D eigenvalue weighted by molar-refractivity contribution is 0.00706. The highest BCUT2D eigenvalue weighted by Gasteiger charge is 2.48. The molecular formula is C25H20ClN7O4. The summed E-state index contributed by atoms with van der Waals surface area (Å²) in [6.07, 6.45) is 3.43. The van der Waals surface area contributed by atoms with Crippen LogP contribution in [-0.2, 0) is 9.47 Å². The van der Waals surface area contributed by atoms with E-state index in [0.29, 0.717) is 40.3 Å². The van der Waals surface area contributed by atoms with Crippen LogP contribution in [0.15, 0.2) is 61.1 Å². The number of rotatable bonds is 5. The standard InChI is InChI=1S/C25H20ClN7O4/c26-16-9-17-24(31-25(29-17)37-19-12-36-22-18(34)11-35-23(19)22)30-21(16)14-3-1-13(2-4-14)15-5-6-20(27-10-15)33-8-7-28-32-33/h1-10,18-19,22-23,34H,11-12H2,(H,29,30,31)/t18-,19-,22?,23?/m1/s1. The van der Waals surface area contributed by atoms with E-state index in [1.807, 2.05) is 36.4 Å². The van der Waals surface area contributed by atoms with Crippen molar-refractivity contribution in [2.24, 2.45) is 0 Å². The van der Waals surface area contributed by atoms with E-state index < -0.39 is 6.10 Å². The van der Waals surface area contributed by atoms with Gasteiger partial charge in [-0.15, -0.1) is 5.10 Å². The Morgan fingerprint density at radius 3 is 2.59 bits per heavy atom. The normalized spacial score (nSPS) is 23.0. The number of ether oxygens (including phenoxy) is 3. The Balaban J connectivity index is 1.11. The number of hydrogen-bond acceptors (Lipinski definition) is 9. The molecule has 2 unspecified atom stereocenters. The van der Waals surface area contributed by atoms with Gasteiger partial charge in [0, 0.05) is 17.3 Å². The van der Waals surface area contributed by atoms with Gasteiger partial charge in [0.25, 0.3) is 6.01 Å². The largest absolute Gasteiger partial charge is 0.456 e. The van der Waals surface area contributed by atoms with Crippen molar-refractivity contribution in [2.75, 3.05) is 13.2 Å². The molecule has 4 aromatic heterocycles. The van der Waals surface area contributed by atoms with E-state index in [9.17, 15) is 5.11 Å². The fourth-order valence-corrected chi connectivity index (χ4v) is 4.95. The molecule has 2 saturated heterocycles. The number of fused-ring (bicyclic) bond motifs is 2. The molecule has 6 heterocycles. The second-order valence-corrected chi connectivity index (χ2v) is 9.29. The Hall–Kier alpha value is -3.90. The summed E-state index contributed by atoms with van der Waals surface area (Å²) in [5.74, 6) is 0.693. The molecule has 1 aromatic carbocycles. The summed E-state index contributed by atoms with van der Waals surface area (Å²) in [6, 6.07) is 13.9. The third kappa shape index (κ3) is 4.02. The molecule has 11 nitrogen and oxygen atoms in total. The summed E-state index contributed by atoms with van der Waals surface area (Å²) >= 11 is 6.59. The summed E-state index contributed by atoms with van der Waals surface area (Å²) in [5.41, 5.74) is 4.58. The zero-order valence-electron chi connectivity index (χ0n) is 19.2. The lowest BCUT2D eigenvalue weighted by Gasteiger charge is -2.15. The van der Waals surface area contributed by atoms with Gasteiger partial charge in [-0.05, 0) is 23.8 Å². The first-order valence-corrected chi connectivity index (χ1v) is 12.1. The van der Waals surface area contributed by atoms with Crippen molar-refractivity contribution in [1.82, 2.24) is 34.9 Å². The van der Waals surface area contributed by atoms with Crippen LogP contribution in [0.4, 0.5) is 0 Å². The van der Waals surface area contributed by atoms with E-state index in [-0.39, 0.29) is 24.9 Å². The van der Waals surface area contributed by atoms with Crippen molar-refractivity contribution in [3.8, 4) is 34.2 Å². The summed E-state index contributed by atoms with van der Waals surface area (Å²) in [7, 11) is 0. The molecule has 12 heteroatoms. The van der Waals surface area contributed by atoms with E-state index in [1.165, 1.54) is 0 Å². The van der Waals surface area contributed by atoms with Crippen molar-refractivity contribution in [3.63, 3.8) is 0 Å². The molecule has 186 valence electrons. The molecular weight excluding hydrogens is 498 g/mol. The number of pyridine rings is 2. The van der Waals surface area contributed by atoms with Crippen LogP contribution in [0.25, 0.3) is 39.4 Å². The van der Waals surface area contributed by atoms with E-state index in [4.69, 9.17) is 25.8 Å². The fraction of sp³-hybridized carbons (Fsp3) is 0.240. The van der Waals surface area contributed by atoms with Gasteiger partial charge in [-0.3, -0.25) is 0 Å². The van der Waals surface area contributed by atoms with Crippen LogP contribution in [0.1, 0.15) is 0 Å². The molecule has 7 rings (SSSR count). The molecule has 0 radical (unpaired) electrons. The van der Waals surface area contributed by atoms with Gasteiger partial charge in [0.2, 0.25) is 0 Å². The highest BCUT2D eigenvalue weighted by molar-refractivity contribution is 6.33. The third-order valence-electron chi connectivity index (χ3n) is 6.55. The number of halogens is 1. The molecule has 2 N–H and O–H groups in total. The summed E-state index contributed by atoms with van der Waals surface area (Å²) in [5, 5.41) is 18.2. The molecule has 0 amide bonds. The van der Waals surface area contributed by atoms with Gasteiger partial charge in [-0.2, -0.15) is 4.98 Å². The first kappa shape index (κ1) is 22.3. The topological polar surface area (TPSA) is 133 Å². The first-order valence-electron chi connectivity index (χ1n) is 11.7. The zero-order valence-corrected chi connectivity index (χ0v) is 20.0. The Bertz CT molecular complexity index is 1560. The number of aliphatic hydroxyl groups excluding tert-OH is 1. The quantitative estimate of drug-likeness (QED) is 0.361. The molecule has 0 spiro atoms. The minimum absolute atomic E-state index is 0.236. The number of aliphatic hydroxyl groups is 1. The third-order valence-corrected chi connectivity index (χ3v) is 6.83. The van der Waals surface area contributed by atoms with Gasteiger partial charge in [0.05, 0.1) is 41.8 Å². The van der Waals surface area contributed by atoms with Crippen LogP contribution in [0, 0.1) is 0 Å². The summed E-state index contributed by atoms with van der Waals surface area (Å²) in [6.45, 7) is 0.549. The van der Waals surface area contributed by atoms with E-state index in [0.717, 1.165) is 16.7 Å². The fourth-order valence-electron chi connectivity index (χ4n) is 4.69. The maximum atomic E-state index is 9.93. The molecule has 4 atom stereocenters. The highest BCUT2D eigenvalue weighted by atomic mass is 35.5. The highest BCUT2D eigenvalue weighted by Crippen LogP contribution is 2.33. The van der Waals surface area contributed by atoms with Crippen LogP contribution < -0.4 is 4.74 Å². The average molecular weight is 518 g/mol. The number of H-pyrrole nitrogens is 1. The molecule has 2 aliphatic rings. The SMILES string of the molecule is O[C@@H]1COC2C1OC[C@H]2Oc1nc2nc(-c3ccc(-c4ccc(-n5ccnn5)nc4)cc3)c(Cl)cc2[nH]1. The molecule has 2 aliphatic heterocycles. The van der Waals surface area contributed by atoms with Gasteiger partial charge in [-0.25, -0.2) is 14.6 Å². The summed E-state index contributed by atoms with van der Waals surface area (Å²) < 4.78 is 18.8. The van der Waals surface area contributed by atoms with E-state index >= 15 is 0 Å². The van der Waals surface area contributed by atoms with Gasteiger partial charge < -0.3 is 24.3 Å². The number of aromatic amines is 1. The average Bonchev–Trinajstić information content (AvgIpc) is 3.71. The predicted octanol–water partition coefficient (Wildman–Crippen LogP) is 2.83. The van der Waals surface area contributed by atoms with Gasteiger partial charge in [0.15, 0.2) is 17.6 Å². The second kappa shape index (κ2) is 8.89. The number of nitrogens with one attached hydrogen (secondary N) is 1. The van der Waals surface area contributed by atoms with Crippen LogP contribution in [0.2, 0.25) is 5.02 Å². The van der Waals surface area contributed by atoms with Crippen molar-refractivity contribution in [1.29, 1.82) is 0 Å². The Kier molecular flexibility index (Phi) is 5.36. The monoisotopic (exact) mass is 517 g/mol. The number of aromatic nitrogens is 7. The van der Waals surface area contributed by atoms with Crippen molar-refractivity contribution in [2.45, 2.75) is 24.4 Å². The number of benzene rings is 1. The van der Waals surface area contributed by atoms with Crippen molar-refractivity contribution >= 4 is 22.8 Å². The van der Waals surface area contributed by atoms with Crippen LogP contribution in [0.3, 0.4) is 0 Å². The molecule has 0 aliphatic carbocycles. The van der Waals surface area contributed by atoms with E-state index in [2.05, 4.69) is 30.2 Å². The maximum absolute atomic E-state index is 9.93. The summed E-state index contributed by atoms with van der Waals surface area (Å²) in [4.78, 5) is 16.7. The second-order valence-electron chi connectivity index (χ2n) is 8.88. The first-order chi connectivity index (χ1) is 18.1. The Morgan fingerprint density at radius 2 is 1.81 bits per heavy atom. The Morgan fingerprint density at radius 1 is 1.00 bits per heavy atom. The molecule has 37 heavy (non-hydrogen) atoms.